The molecule has 2 N–H and O–H groups in total. The molecule has 0 bridgehead atoms. The largest absolute Gasteiger partial charge is 0.457 e. The van der Waals surface area contributed by atoms with Crippen LogP contribution in [0.1, 0.15) is 29.3 Å². The normalized spacial score (nSPS) is 15.9. The van der Waals surface area contributed by atoms with E-state index < -0.39 is 41.1 Å². The average molecular weight is 428 g/mol. The summed E-state index contributed by atoms with van der Waals surface area (Å²) in [7, 11) is 2.55. The molecule has 0 aliphatic carbocycles. The minimum absolute atomic E-state index is 0.0354. The molecular weight excluding hydrogens is 404 g/mol. The minimum Gasteiger partial charge on any atom is -0.457 e. The number of nitrogens with zero attached hydrogens (tertiary/aromatic N) is 3. The SMILES string of the molecule is CCc1ccc(N2C[C@H](C(=O)OCC(=O)c3c(N)n(C)c(=O)n(C)c3=O)CC2=O)cc1. The Morgan fingerprint density at radius 1 is 1.10 bits per heavy atom. The first kappa shape index (κ1) is 22.0. The standard InChI is InChI=1S/C21H24N4O6/c1-4-12-5-7-14(8-6-12)25-10-13(9-16(25)27)20(29)31-11-15(26)17-18(22)23(2)21(30)24(3)19(17)28/h5-8,13H,4,9-11,22H2,1-3H3/t13-/m1/s1. The summed E-state index contributed by atoms with van der Waals surface area (Å²) in [6.45, 7) is 1.45. The molecule has 1 aliphatic rings. The molecule has 1 fully saturated rings. The summed E-state index contributed by atoms with van der Waals surface area (Å²) in [6, 6.07) is 7.49. The number of hydrogen-bond donors (Lipinski definition) is 1. The van der Waals surface area contributed by atoms with E-state index in [2.05, 4.69) is 0 Å². The number of aryl methyl sites for hydroxylation is 1. The summed E-state index contributed by atoms with van der Waals surface area (Å²) in [5.74, 6) is -2.78. The fraction of sp³-hybridized carbons (Fsp3) is 0.381. The Balaban J connectivity index is 1.68. The van der Waals surface area contributed by atoms with Gasteiger partial charge in [0.2, 0.25) is 11.7 Å². The predicted molar refractivity (Wildman–Crippen MR) is 113 cm³/mol. The number of esters is 1. The monoisotopic (exact) mass is 428 g/mol. The first-order valence-corrected chi connectivity index (χ1v) is 9.80. The lowest BCUT2D eigenvalue weighted by molar-refractivity contribution is -0.147. The smallest absolute Gasteiger partial charge is 0.332 e. The molecular formula is C21H24N4O6. The van der Waals surface area contributed by atoms with Gasteiger partial charge >= 0.3 is 11.7 Å². The van der Waals surface area contributed by atoms with Crippen molar-refractivity contribution in [2.45, 2.75) is 19.8 Å². The molecule has 31 heavy (non-hydrogen) atoms. The minimum atomic E-state index is -0.862. The molecule has 1 amide bonds. The highest BCUT2D eigenvalue weighted by Gasteiger charge is 2.36. The third-order valence-electron chi connectivity index (χ3n) is 5.45. The molecule has 3 rings (SSSR count). The van der Waals surface area contributed by atoms with Crippen LogP contribution in [0, 0.1) is 5.92 Å². The van der Waals surface area contributed by atoms with Crippen LogP contribution in [0.3, 0.4) is 0 Å². The van der Waals surface area contributed by atoms with Gasteiger partial charge in [0.15, 0.2) is 6.61 Å². The second kappa shape index (κ2) is 8.58. The lowest BCUT2D eigenvalue weighted by Crippen LogP contribution is -2.42. The predicted octanol–water partition coefficient (Wildman–Crippen LogP) is 0.00760. The zero-order valence-corrected chi connectivity index (χ0v) is 17.6. The number of benzene rings is 1. The van der Waals surface area contributed by atoms with Crippen molar-refractivity contribution in [2.24, 2.45) is 20.0 Å². The van der Waals surface area contributed by atoms with Gasteiger partial charge in [0.1, 0.15) is 11.4 Å². The number of ether oxygens (including phenoxy) is 1. The van der Waals surface area contributed by atoms with Gasteiger partial charge < -0.3 is 15.4 Å². The van der Waals surface area contributed by atoms with Gasteiger partial charge in [-0.25, -0.2) is 4.79 Å². The zero-order valence-electron chi connectivity index (χ0n) is 17.6. The summed E-state index contributed by atoms with van der Waals surface area (Å²) < 4.78 is 6.79. The summed E-state index contributed by atoms with van der Waals surface area (Å²) in [5, 5.41) is 0. The van der Waals surface area contributed by atoms with Crippen LogP contribution in [0.4, 0.5) is 11.5 Å². The van der Waals surface area contributed by atoms with Crippen LogP contribution in [0.25, 0.3) is 0 Å². The Morgan fingerprint density at radius 2 is 1.74 bits per heavy atom. The first-order chi connectivity index (χ1) is 14.6. The van der Waals surface area contributed by atoms with Crippen molar-refractivity contribution >= 4 is 29.2 Å². The molecule has 1 aliphatic heterocycles. The van der Waals surface area contributed by atoms with E-state index in [1.807, 2.05) is 31.2 Å². The molecule has 1 atom stereocenters. The van der Waals surface area contributed by atoms with E-state index >= 15 is 0 Å². The van der Waals surface area contributed by atoms with E-state index in [0.717, 1.165) is 21.1 Å². The van der Waals surface area contributed by atoms with Gasteiger partial charge in [0.25, 0.3) is 5.56 Å². The number of rotatable bonds is 6. The fourth-order valence-corrected chi connectivity index (χ4v) is 3.48. The molecule has 0 radical (unpaired) electrons. The maximum Gasteiger partial charge on any atom is 0.332 e. The van der Waals surface area contributed by atoms with Crippen LogP contribution >= 0.6 is 0 Å². The second-order valence-corrected chi connectivity index (χ2v) is 7.42. The Hall–Kier alpha value is -3.69. The Labute approximate surface area is 177 Å². The summed E-state index contributed by atoms with van der Waals surface area (Å²) in [5.41, 5.74) is 5.61. The second-order valence-electron chi connectivity index (χ2n) is 7.42. The molecule has 0 unspecified atom stereocenters. The number of Topliss-reactive ketones (excluding diaryl/α,β-unsaturated/α-hetero) is 1. The van der Waals surface area contributed by atoms with E-state index in [4.69, 9.17) is 10.5 Å². The van der Waals surface area contributed by atoms with Crippen molar-refractivity contribution in [1.29, 1.82) is 0 Å². The van der Waals surface area contributed by atoms with Crippen molar-refractivity contribution in [3.05, 3.63) is 56.2 Å². The van der Waals surface area contributed by atoms with Gasteiger partial charge in [-0.05, 0) is 24.1 Å². The number of ketones is 1. The molecule has 164 valence electrons. The van der Waals surface area contributed by atoms with Crippen LogP contribution in [-0.2, 0) is 34.8 Å². The van der Waals surface area contributed by atoms with Gasteiger partial charge in [-0.1, -0.05) is 19.1 Å². The Bertz CT molecular complexity index is 1160. The number of nitrogens with two attached hydrogens (primary N) is 1. The number of amides is 1. The summed E-state index contributed by atoms with van der Waals surface area (Å²) >= 11 is 0. The molecule has 2 heterocycles. The van der Waals surface area contributed by atoms with Gasteiger partial charge in [0.05, 0.1) is 5.92 Å². The molecule has 1 aromatic carbocycles. The number of anilines is 2. The van der Waals surface area contributed by atoms with Crippen LogP contribution < -0.4 is 21.9 Å². The Morgan fingerprint density at radius 3 is 2.35 bits per heavy atom. The highest BCUT2D eigenvalue weighted by atomic mass is 16.5. The maximum atomic E-state index is 12.5. The van der Waals surface area contributed by atoms with Crippen LogP contribution in [-0.4, -0.2) is 39.9 Å². The van der Waals surface area contributed by atoms with E-state index in [0.29, 0.717) is 5.69 Å². The van der Waals surface area contributed by atoms with Crippen molar-refractivity contribution < 1.29 is 19.1 Å². The van der Waals surface area contributed by atoms with Crippen molar-refractivity contribution in [2.75, 3.05) is 23.8 Å². The van der Waals surface area contributed by atoms with Crippen molar-refractivity contribution in [1.82, 2.24) is 9.13 Å². The zero-order chi connectivity index (χ0) is 22.9. The van der Waals surface area contributed by atoms with E-state index in [9.17, 15) is 24.0 Å². The van der Waals surface area contributed by atoms with Gasteiger partial charge in [-0.2, -0.15) is 0 Å². The molecule has 10 nitrogen and oxygen atoms in total. The third kappa shape index (κ3) is 4.14. The lowest BCUT2D eigenvalue weighted by Gasteiger charge is -2.17. The number of carbonyl (C=O) groups excluding carboxylic acids is 3. The quantitative estimate of drug-likeness (QED) is 0.506. The van der Waals surface area contributed by atoms with Crippen LogP contribution in [0.2, 0.25) is 0 Å². The summed E-state index contributed by atoms with van der Waals surface area (Å²) in [4.78, 5) is 62.9. The molecule has 1 saturated heterocycles. The molecule has 10 heteroatoms. The lowest BCUT2D eigenvalue weighted by atomic mass is 10.1. The number of aromatic nitrogens is 2. The number of nitrogen functional groups attached to an aromatic ring is 1. The van der Waals surface area contributed by atoms with E-state index in [1.54, 1.807) is 0 Å². The molecule has 1 aromatic heterocycles. The van der Waals surface area contributed by atoms with Crippen LogP contribution in [0.5, 0.6) is 0 Å². The topological polar surface area (TPSA) is 134 Å². The Kier molecular flexibility index (Phi) is 6.09. The molecule has 0 spiro atoms. The van der Waals surface area contributed by atoms with E-state index in [-0.39, 0.29) is 24.7 Å². The van der Waals surface area contributed by atoms with Gasteiger partial charge in [-0.15, -0.1) is 0 Å². The third-order valence-corrected chi connectivity index (χ3v) is 5.45. The number of hydrogen-bond acceptors (Lipinski definition) is 7. The highest BCUT2D eigenvalue weighted by Crippen LogP contribution is 2.26. The molecule has 2 aromatic rings. The fourth-order valence-electron chi connectivity index (χ4n) is 3.48. The van der Waals surface area contributed by atoms with Gasteiger partial charge in [-0.3, -0.25) is 28.3 Å². The van der Waals surface area contributed by atoms with Crippen molar-refractivity contribution in [3.63, 3.8) is 0 Å². The summed E-state index contributed by atoms with van der Waals surface area (Å²) in [6.07, 6.45) is 0.840. The number of carbonyl (C=O) groups is 3. The molecule has 0 saturated carbocycles. The average Bonchev–Trinajstić information content (AvgIpc) is 3.16. The van der Waals surface area contributed by atoms with Gasteiger partial charge in [0, 0.05) is 32.7 Å². The van der Waals surface area contributed by atoms with Crippen LogP contribution in [0.15, 0.2) is 33.9 Å². The maximum absolute atomic E-state index is 12.5. The van der Waals surface area contributed by atoms with E-state index in [1.165, 1.54) is 19.0 Å². The highest BCUT2D eigenvalue weighted by molar-refractivity contribution is 6.02. The van der Waals surface area contributed by atoms with Crippen molar-refractivity contribution in [3.8, 4) is 0 Å². The first-order valence-electron chi connectivity index (χ1n) is 9.80.